The lowest BCUT2D eigenvalue weighted by atomic mass is 9.79. The van der Waals surface area contributed by atoms with E-state index in [1.165, 1.54) is 5.56 Å². The van der Waals surface area contributed by atoms with Crippen LogP contribution in [0.5, 0.6) is 0 Å². The third-order valence-electron chi connectivity index (χ3n) is 3.52. The molecule has 0 aromatic carbocycles. The van der Waals surface area contributed by atoms with Gasteiger partial charge in [-0.15, -0.1) is 0 Å². The molecule has 1 aromatic heterocycles. The highest BCUT2D eigenvalue weighted by Gasteiger charge is 2.26. The Morgan fingerprint density at radius 3 is 3.06 bits per heavy atom. The van der Waals surface area contributed by atoms with Crippen molar-refractivity contribution in [3.8, 4) is 0 Å². The number of Topliss-reactive ketones (excluding diaryl/α,β-unsaturated/α-hetero) is 1. The van der Waals surface area contributed by atoms with Gasteiger partial charge in [0.25, 0.3) is 0 Å². The molecular weight excluding hydrogens is 200 g/mol. The van der Waals surface area contributed by atoms with Crippen molar-refractivity contribution in [1.82, 2.24) is 9.78 Å². The number of nitrogens with zero attached hydrogens (tertiary/aromatic N) is 2. The van der Waals surface area contributed by atoms with E-state index >= 15 is 0 Å². The summed E-state index contributed by atoms with van der Waals surface area (Å²) in [5.74, 6) is 1.38. The summed E-state index contributed by atoms with van der Waals surface area (Å²) in [6.45, 7) is 5.22. The summed E-state index contributed by atoms with van der Waals surface area (Å²) in [6.07, 6.45) is 7.74. The van der Waals surface area contributed by atoms with Gasteiger partial charge in [0.1, 0.15) is 5.78 Å². The molecule has 1 saturated carbocycles. The van der Waals surface area contributed by atoms with Crippen molar-refractivity contribution in [1.29, 1.82) is 0 Å². The monoisotopic (exact) mass is 220 g/mol. The third-order valence-corrected chi connectivity index (χ3v) is 3.52. The van der Waals surface area contributed by atoms with Crippen LogP contribution >= 0.6 is 0 Å². The Balaban J connectivity index is 1.99. The molecule has 16 heavy (non-hydrogen) atoms. The molecular formula is C13H20N2O. The highest BCUT2D eigenvalue weighted by Crippen LogP contribution is 2.28. The van der Waals surface area contributed by atoms with Gasteiger partial charge in [-0.2, -0.15) is 5.10 Å². The van der Waals surface area contributed by atoms with Gasteiger partial charge in [-0.3, -0.25) is 9.48 Å². The van der Waals surface area contributed by atoms with Gasteiger partial charge in [0.05, 0.1) is 6.20 Å². The maximum atomic E-state index is 11.8. The number of aryl methyl sites for hydroxylation is 1. The zero-order valence-electron chi connectivity index (χ0n) is 10.1. The summed E-state index contributed by atoms with van der Waals surface area (Å²) in [7, 11) is 0. The number of carbonyl (C=O) groups is 1. The van der Waals surface area contributed by atoms with E-state index in [-0.39, 0.29) is 5.92 Å². The second-order valence-corrected chi connectivity index (χ2v) is 4.95. The van der Waals surface area contributed by atoms with E-state index in [1.807, 2.05) is 10.9 Å². The lowest BCUT2D eigenvalue weighted by molar-refractivity contribution is -0.125. The molecule has 1 aromatic rings. The third kappa shape index (κ3) is 2.52. The molecule has 1 fully saturated rings. The van der Waals surface area contributed by atoms with Crippen LogP contribution in [0.4, 0.5) is 0 Å². The van der Waals surface area contributed by atoms with Crippen molar-refractivity contribution in [3.05, 3.63) is 18.0 Å². The molecule has 2 atom stereocenters. The topological polar surface area (TPSA) is 34.9 Å². The first kappa shape index (κ1) is 11.4. The smallest absolute Gasteiger partial charge is 0.136 e. The summed E-state index contributed by atoms with van der Waals surface area (Å²) in [5, 5.41) is 4.25. The normalized spacial score (nSPS) is 26.0. The fourth-order valence-electron chi connectivity index (χ4n) is 2.49. The van der Waals surface area contributed by atoms with Gasteiger partial charge in [0, 0.05) is 25.1 Å². The van der Waals surface area contributed by atoms with Crippen LogP contribution in [0.25, 0.3) is 0 Å². The molecule has 1 heterocycles. The van der Waals surface area contributed by atoms with Crippen LogP contribution < -0.4 is 0 Å². The Bertz CT molecular complexity index is 370. The van der Waals surface area contributed by atoms with Gasteiger partial charge in [-0.1, -0.05) is 6.92 Å². The van der Waals surface area contributed by atoms with Crippen molar-refractivity contribution >= 4 is 5.78 Å². The van der Waals surface area contributed by atoms with Gasteiger partial charge in [-0.25, -0.2) is 0 Å². The molecule has 0 radical (unpaired) electrons. The summed E-state index contributed by atoms with van der Waals surface area (Å²) < 4.78 is 1.92. The van der Waals surface area contributed by atoms with E-state index in [9.17, 15) is 4.79 Å². The number of hydrogen-bond acceptors (Lipinski definition) is 2. The van der Waals surface area contributed by atoms with Gasteiger partial charge < -0.3 is 0 Å². The van der Waals surface area contributed by atoms with Crippen molar-refractivity contribution in [3.63, 3.8) is 0 Å². The van der Waals surface area contributed by atoms with Crippen LogP contribution in [0, 0.1) is 11.8 Å². The minimum absolute atomic E-state index is 0.234. The number of carbonyl (C=O) groups excluding carboxylic acids is 1. The quantitative estimate of drug-likeness (QED) is 0.784. The molecule has 2 unspecified atom stereocenters. The van der Waals surface area contributed by atoms with E-state index in [0.717, 1.165) is 32.2 Å². The van der Waals surface area contributed by atoms with E-state index in [4.69, 9.17) is 0 Å². The van der Waals surface area contributed by atoms with Gasteiger partial charge >= 0.3 is 0 Å². The molecule has 1 aliphatic rings. The predicted octanol–water partition coefficient (Wildman–Crippen LogP) is 2.45. The zero-order valence-corrected chi connectivity index (χ0v) is 10.1. The molecule has 0 N–H and O–H groups in total. The molecule has 3 heteroatoms. The van der Waals surface area contributed by atoms with Crippen molar-refractivity contribution in [2.45, 2.75) is 46.1 Å². The maximum absolute atomic E-state index is 11.8. The highest BCUT2D eigenvalue weighted by atomic mass is 16.1. The Morgan fingerprint density at radius 1 is 1.56 bits per heavy atom. The van der Waals surface area contributed by atoms with Crippen LogP contribution in [0.3, 0.4) is 0 Å². The average Bonchev–Trinajstić information content (AvgIpc) is 2.71. The molecule has 88 valence electrons. The molecule has 0 amide bonds. The molecule has 0 saturated heterocycles. The minimum atomic E-state index is 0.234. The van der Waals surface area contributed by atoms with E-state index in [1.54, 1.807) is 0 Å². The Hall–Kier alpha value is -1.12. The molecule has 1 aliphatic carbocycles. The van der Waals surface area contributed by atoms with Crippen LogP contribution in [0.15, 0.2) is 12.4 Å². The molecule has 0 aliphatic heterocycles. The van der Waals surface area contributed by atoms with Crippen LogP contribution in [-0.2, 0) is 17.8 Å². The fourth-order valence-corrected chi connectivity index (χ4v) is 2.49. The number of aromatic nitrogens is 2. The molecule has 2 rings (SSSR count). The number of ketones is 1. The first-order chi connectivity index (χ1) is 7.69. The molecule has 3 nitrogen and oxygen atoms in total. The summed E-state index contributed by atoms with van der Waals surface area (Å²) >= 11 is 0. The highest BCUT2D eigenvalue weighted by molar-refractivity contribution is 5.82. The van der Waals surface area contributed by atoms with E-state index in [0.29, 0.717) is 11.7 Å². The van der Waals surface area contributed by atoms with Crippen LogP contribution in [-0.4, -0.2) is 15.6 Å². The molecule has 0 spiro atoms. The first-order valence-electron chi connectivity index (χ1n) is 6.23. The standard InChI is InChI=1S/C13H20N2O/c1-3-15-9-11(8-14-15)7-12-6-10(2)4-5-13(12)16/h8-10,12H,3-7H2,1-2H3. The zero-order chi connectivity index (χ0) is 11.5. The van der Waals surface area contributed by atoms with Crippen LogP contribution in [0.1, 0.15) is 38.7 Å². The lowest BCUT2D eigenvalue weighted by Crippen LogP contribution is -2.25. The van der Waals surface area contributed by atoms with Gasteiger partial charge in [0.15, 0.2) is 0 Å². The molecule has 0 bridgehead atoms. The lowest BCUT2D eigenvalue weighted by Gasteiger charge is -2.25. The Kier molecular flexibility index (Phi) is 3.42. The van der Waals surface area contributed by atoms with Crippen molar-refractivity contribution in [2.75, 3.05) is 0 Å². The maximum Gasteiger partial charge on any atom is 0.136 e. The fraction of sp³-hybridized carbons (Fsp3) is 0.692. The summed E-state index contributed by atoms with van der Waals surface area (Å²) in [5.41, 5.74) is 1.20. The number of rotatable bonds is 3. The van der Waals surface area contributed by atoms with Gasteiger partial charge in [-0.05, 0) is 37.7 Å². The predicted molar refractivity (Wildman–Crippen MR) is 63.1 cm³/mol. The summed E-state index contributed by atoms with van der Waals surface area (Å²) in [6, 6.07) is 0. The second-order valence-electron chi connectivity index (χ2n) is 4.95. The Morgan fingerprint density at radius 2 is 2.38 bits per heavy atom. The SMILES string of the molecule is CCn1cc(CC2CC(C)CCC2=O)cn1. The first-order valence-corrected chi connectivity index (χ1v) is 6.23. The Labute approximate surface area is 96.8 Å². The second kappa shape index (κ2) is 4.81. The van der Waals surface area contributed by atoms with Crippen molar-refractivity contribution < 1.29 is 4.79 Å². The average molecular weight is 220 g/mol. The summed E-state index contributed by atoms with van der Waals surface area (Å²) in [4.78, 5) is 11.8. The van der Waals surface area contributed by atoms with E-state index < -0.39 is 0 Å². The number of hydrogen-bond donors (Lipinski definition) is 0. The van der Waals surface area contributed by atoms with Gasteiger partial charge in [0.2, 0.25) is 0 Å². The largest absolute Gasteiger partial charge is 0.299 e. The van der Waals surface area contributed by atoms with E-state index in [2.05, 4.69) is 25.1 Å². The minimum Gasteiger partial charge on any atom is -0.299 e. The van der Waals surface area contributed by atoms with Crippen molar-refractivity contribution in [2.24, 2.45) is 11.8 Å². The van der Waals surface area contributed by atoms with Crippen LogP contribution in [0.2, 0.25) is 0 Å².